The predicted octanol–water partition coefficient (Wildman–Crippen LogP) is 3.49. The smallest absolute Gasteiger partial charge is 0.272 e. The van der Waals surface area contributed by atoms with Gasteiger partial charge in [-0.1, -0.05) is 0 Å². The lowest BCUT2D eigenvalue weighted by Gasteiger charge is -2.12. The average Bonchev–Trinajstić information content (AvgIpc) is 3.26. The van der Waals surface area contributed by atoms with Crippen LogP contribution in [0.4, 0.5) is 21.7 Å². The van der Waals surface area contributed by atoms with Crippen LogP contribution in [0.25, 0.3) is 21.9 Å². The number of aromatic amines is 1. The van der Waals surface area contributed by atoms with Crippen LogP contribution in [-0.2, 0) is 17.1 Å². The van der Waals surface area contributed by atoms with E-state index >= 15 is 0 Å². The van der Waals surface area contributed by atoms with Gasteiger partial charge in [-0.3, -0.25) is 14.1 Å². The number of benzene rings is 2. The highest BCUT2D eigenvalue weighted by Crippen LogP contribution is 2.22. The van der Waals surface area contributed by atoms with Gasteiger partial charge in [0.15, 0.2) is 4.90 Å². The van der Waals surface area contributed by atoms with Gasteiger partial charge in [0.2, 0.25) is 5.95 Å². The Labute approximate surface area is 187 Å². The minimum atomic E-state index is -4.22. The zero-order chi connectivity index (χ0) is 23.2. The molecule has 0 unspecified atom stereocenters. The van der Waals surface area contributed by atoms with Crippen LogP contribution in [0.1, 0.15) is 0 Å². The lowest BCUT2D eigenvalue weighted by atomic mass is 10.2. The first-order chi connectivity index (χ1) is 15.8. The number of nitrogens with one attached hydrogen (secondary N) is 3. The van der Waals surface area contributed by atoms with Gasteiger partial charge in [0.1, 0.15) is 11.5 Å². The van der Waals surface area contributed by atoms with E-state index in [-0.39, 0.29) is 17.3 Å². The predicted molar refractivity (Wildman–Crippen MR) is 124 cm³/mol. The summed E-state index contributed by atoms with van der Waals surface area (Å²) in [6.45, 7) is 0. The van der Waals surface area contributed by atoms with Crippen LogP contribution < -0.4 is 15.6 Å². The molecule has 166 valence electrons. The van der Waals surface area contributed by atoms with Crippen molar-refractivity contribution in [2.45, 2.75) is 4.90 Å². The molecule has 5 rings (SSSR count). The number of hydrogen-bond donors (Lipinski definition) is 3. The third-order valence-electron chi connectivity index (χ3n) is 5.11. The molecule has 3 N–H and O–H groups in total. The molecule has 0 saturated heterocycles. The second kappa shape index (κ2) is 7.71. The monoisotopic (exact) mass is 464 g/mol. The molecule has 3 aromatic heterocycles. The van der Waals surface area contributed by atoms with Crippen LogP contribution in [-0.4, -0.2) is 27.9 Å². The number of halogens is 1. The first kappa shape index (κ1) is 20.6. The molecule has 5 aromatic rings. The van der Waals surface area contributed by atoms with Crippen molar-refractivity contribution in [2.75, 3.05) is 10.0 Å². The van der Waals surface area contributed by atoms with Gasteiger partial charge in [0, 0.05) is 47.1 Å². The van der Waals surface area contributed by atoms with Crippen molar-refractivity contribution in [1.82, 2.24) is 19.5 Å². The van der Waals surface area contributed by atoms with Crippen molar-refractivity contribution < 1.29 is 12.8 Å². The SMILES string of the molecule is Cn1c(=O)c(S(=O)(=O)Nc2ccc(F)cc2)cc2cnc(Nc3ccc4[nH]ccc4c3)nc21. The number of anilines is 3. The van der Waals surface area contributed by atoms with Gasteiger partial charge in [-0.2, -0.15) is 4.98 Å². The largest absolute Gasteiger partial charge is 0.361 e. The fourth-order valence-electron chi connectivity index (χ4n) is 3.46. The molecule has 0 saturated carbocycles. The van der Waals surface area contributed by atoms with Gasteiger partial charge in [-0.05, 0) is 54.6 Å². The van der Waals surface area contributed by atoms with Crippen LogP contribution in [0.15, 0.2) is 76.7 Å². The number of nitrogens with zero attached hydrogens (tertiary/aromatic N) is 3. The normalized spacial score (nSPS) is 11.7. The summed E-state index contributed by atoms with van der Waals surface area (Å²) >= 11 is 0. The Kier molecular flexibility index (Phi) is 4.82. The topological polar surface area (TPSA) is 122 Å². The maximum Gasteiger partial charge on any atom is 0.272 e. The van der Waals surface area contributed by atoms with E-state index in [9.17, 15) is 17.6 Å². The Morgan fingerprint density at radius 3 is 2.55 bits per heavy atom. The first-order valence-electron chi connectivity index (χ1n) is 9.79. The van der Waals surface area contributed by atoms with Crippen molar-refractivity contribution in [3.05, 3.63) is 83.2 Å². The number of sulfonamides is 1. The Morgan fingerprint density at radius 2 is 1.76 bits per heavy atom. The number of H-pyrrole nitrogens is 1. The highest BCUT2D eigenvalue weighted by Gasteiger charge is 2.22. The quantitative estimate of drug-likeness (QED) is 0.366. The van der Waals surface area contributed by atoms with E-state index in [0.717, 1.165) is 33.3 Å². The van der Waals surface area contributed by atoms with Crippen molar-refractivity contribution in [2.24, 2.45) is 7.05 Å². The van der Waals surface area contributed by atoms with E-state index in [1.54, 1.807) is 0 Å². The van der Waals surface area contributed by atoms with Crippen molar-refractivity contribution in [3.8, 4) is 0 Å². The van der Waals surface area contributed by atoms with Gasteiger partial charge >= 0.3 is 0 Å². The van der Waals surface area contributed by atoms with Gasteiger partial charge in [-0.15, -0.1) is 0 Å². The lowest BCUT2D eigenvalue weighted by molar-refractivity contribution is 0.598. The van der Waals surface area contributed by atoms with Crippen LogP contribution in [0.5, 0.6) is 0 Å². The standard InChI is InChI=1S/C22H17FN6O3S/c1-29-20-14(11-19(21(29)30)33(31,32)28-16-4-2-15(23)3-5-16)12-25-22(27-20)26-17-6-7-18-13(10-17)8-9-24-18/h2-12,24,28H,1H3,(H,25,26,27). The first-order valence-corrected chi connectivity index (χ1v) is 11.3. The summed E-state index contributed by atoms with van der Waals surface area (Å²) in [5.74, 6) is -0.249. The Bertz CT molecular complexity index is 1680. The highest BCUT2D eigenvalue weighted by atomic mass is 32.2. The molecule has 0 amide bonds. The van der Waals surface area contributed by atoms with E-state index in [1.165, 1.54) is 31.4 Å². The van der Waals surface area contributed by atoms with E-state index in [4.69, 9.17) is 0 Å². The molecule has 11 heteroatoms. The molecule has 0 spiro atoms. The van der Waals surface area contributed by atoms with Gasteiger partial charge in [0.05, 0.1) is 0 Å². The number of aromatic nitrogens is 4. The summed E-state index contributed by atoms with van der Waals surface area (Å²) in [6.07, 6.45) is 3.28. The minimum Gasteiger partial charge on any atom is -0.361 e. The molecule has 3 heterocycles. The molecule has 0 aliphatic rings. The molecule has 33 heavy (non-hydrogen) atoms. The average molecular weight is 464 g/mol. The number of rotatable bonds is 5. The number of pyridine rings is 1. The zero-order valence-corrected chi connectivity index (χ0v) is 18.0. The summed E-state index contributed by atoms with van der Waals surface area (Å²) in [5, 5.41) is 4.47. The molecule has 0 radical (unpaired) electrons. The molecule has 9 nitrogen and oxygen atoms in total. The van der Waals surface area contributed by atoms with Crippen molar-refractivity contribution in [1.29, 1.82) is 0 Å². The van der Waals surface area contributed by atoms with Gasteiger partial charge in [-0.25, -0.2) is 17.8 Å². The molecule has 0 bridgehead atoms. The van der Waals surface area contributed by atoms with Crippen LogP contribution in [0, 0.1) is 5.82 Å². The lowest BCUT2D eigenvalue weighted by Crippen LogP contribution is -2.28. The summed E-state index contributed by atoms with van der Waals surface area (Å²) < 4.78 is 42.2. The Balaban J connectivity index is 1.50. The molecule has 2 aromatic carbocycles. The molecule has 0 aliphatic carbocycles. The highest BCUT2D eigenvalue weighted by molar-refractivity contribution is 7.92. The fourth-order valence-corrected chi connectivity index (χ4v) is 4.66. The van der Waals surface area contributed by atoms with Crippen LogP contribution >= 0.6 is 0 Å². The second-order valence-corrected chi connectivity index (χ2v) is 9.01. The second-order valence-electron chi connectivity index (χ2n) is 7.36. The molecule has 0 fully saturated rings. The summed E-state index contributed by atoms with van der Waals surface area (Å²) in [6, 6.07) is 13.6. The third kappa shape index (κ3) is 3.89. The third-order valence-corrected chi connectivity index (χ3v) is 6.49. The van der Waals surface area contributed by atoms with E-state index in [2.05, 4.69) is 25.0 Å². The zero-order valence-electron chi connectivity index (χ0n) is 17.2. The van der Waals surface area contributed by atoms with E-state index < -0.39 is 26.3 Å². The molecular weight excluding hydrogens is 447 g/mol. The maximum absolute atomic E-state index is 13.1. The number of aryl methyl sites for hydroxylation is 1. The van der Waals surface area contributed by atoms with Gasteiger partial charge in [0.25, 0.3) is 15.6 Å². The molecule has 0 atom stereocenters. The van der Waals surface area contributed by atoms with Crippen molar-refractivity contribution in [3.63, 3.8) is 0 Å². The number of hydrogen-bond acceptors (Lipinski definition) is 6. The van der Waals surface area contributed by atoms with E-state index in [1.807, 2.05) is 30.5 Å². The Hall–Kier alpha value is -4.25. The molecule has 0 aliphatic heterocycles. The maximum atomic E-state index is 13.1. The molecular formula is C22H17FN6O3S. The summed E-state index contributed by atoms with van der Waals surface area (Å²) in [7, 11) is -2.79. The van der Waals surface area contributed by atoms with Crippen LogP contribution in [0.3, 0.4) is 0 Å². The summed E-state index contributed by atoms with van der Waals surface area (Å²) in [4.78, 5) is 24.2. The van der Waals surface area contributed by atoms with E-state index in [0.29, 0.717) is 5.39 Å². The van der Waals surface area contributed by atoms with Crippen LogP contribution in [0.2, 0.25) is 0 Å². The fraction of sp³-hybridized carbons (Fsp3) is 0.0455. The van der Waals surface area contributed by atoms with Gasteiger partial charge < -0.3 is 10.3 Å². The van der Waals surface area contributed by atoms with Crippen molar-refractivity contribution >= 4 is 49.3 Å². The Morgan fingerprint density at radius 1 is 1.00 bits per heavy atom. The summed E-state index contributed by atoms with van der Waals surface area (Å²) in [5.41, 5.74) is 1.39. The minimum absolute atomic E-state index is 0.133. The number of fused-ring (bicyclic) bond motifs is 2.